The smallest absolute Gasteiger partial charge is 0.107 e. The van der Waals surface area contributed by atoms with Gasteiger partial charge in [-0.15, -0.1) is 11.3 Å². The lowest BCUT2D eigenvalue weighted by Crippen LogP contribution is -1.99. The number of thiazole rings is 1. The van der Waals surface area contributed by atoms with Gasteiger partial charge in [0.25, 0.3) is 0 Å². The summed E-state index contributed by atoms with van der Waals surface area (Å²) in [6.45, 7) is 2.82. The quantitative estimate of drug-likeness (QED) is 0.833. The minimum Gasteiger partial charge on any atom is -0.325 e. The molecule has 2 nitrogen and oxygen atoms in total. The van der Waals surface area contributed by atoms with Crippen molar-refractivity contribution >= 4 is 11.3 Å². The van der Waals surface area contributed by atoms with E-state index in [1.807, 2.05) is 11.3 Å². The molecule has 1 aliphatic carbocycles. The Morgan fingerprint density at radius 2 is 2.14 bits per heavy atom. The van der Waals surface area contributed by atoms with Crippen LogP contribution in [0.3, 0.4) is 0 Å². The molecule has 1 aromatic rings. The number of hydrogen-bond acceptors (Lipinski definition) is 3. The Kier molecular flexibility index (Phi) is 3.19. The van der Waals surface area contributed by atoms with Crippen LogP contribution in [0.15, 0.2) is 0 Å². The molecular weight excluding hydrogens is 192 g/mol. The maximum atomic E-state index is 5.63. The third kappa shape index (κ3) is 1.84. The molecule has 0 saturated heterocycles. The fourth-order valence-electron chi connectivity index (χ4n) is 2.27. The van der Waals surface area contributed by atoms with E-state index in [9.17, 15) is 0 Å². The minimum absolute atomic E-state index is 0.602. The summed E-state index contributed by atoms with van der Waals surface area (Å²) in [5.41, 5.74) is 7.00. The van der Waals surface area contributed by atoms with Crippen molar-refractivity contribution in [2.24, 2.45) is 5.73 Å². The Balaban J connectivity index is 2.25. The Morgan fingerprint density at radius 3 is 2.71 bits per heavy atom. The molecule has 0 aromatic carbocycles. The van der Waals surface area contributed by atoms with Crippen molar-refractivity contribution in [1.29, 1.82) is 0 Å². The van der Waals surface area contributed by atoms with Crippen LogP contribution in [-0.4, -0.2) is 4.98 Å². The van der Waals surface area contributed by atoms with Crippen LogP contribution >= 0.6 is 11.3 Å². The minimum atomic E-state index is 0.602. The Labute approximate surface area is 89.5 Å². The fourth-order valence-corrected chi connectivity index (χ4v) is 3.25. The highest BCUT2D eigenvalue weighted by molar-refractivity contribution is 7.11. The molecule has 0 spiro atoms. The molecule has 3 heteroatoms. The molecule has 0 atom stereocenters. The zero-order chi connectivity index (χ0) is 9.97. The molecule has 2 N–H and O–H groups in total. The average molecular weight is 210 g/mol. The van der Waals surface area contributed by atoms with Crippen molar-refractivity contribution in [3.05, 3.63) is 15.6 Å². The fraction of sp³-hybridized carbons (Fsp3) is 0.727. The maximum absolute atomic E-state index is 5.63. The van der Waals surface area contributed by atoms with E-state index in [4.69, 9.17) is 5.73 Å². The van der Waals surface area contributed by atoms with E-state index in [0.717, 1.165) is 17.3 Å². The topological polar surface area (TPSA) is 38.9 Å². The highest BCUT2D eigenvalue weighted by Crippen LogP contribution is 2.37. The van der Waals surface area contributed by atoms with Gasteiger partial charge < -0.3 is 5.73 Å². The van der Waals surface area contributed by atoms with Crippen LogP contribution in [0.25, 0.3) is 0 Å². The molecule has 1 heterocycles. The summed E-state index contributed by atoms with van der Waals surface area (Å²) < 4.78 is 0. The summed E-state index contributed by atoms with van der Waals surface area (Å²) in [7, 11) is 0. The first-order chi connectivity index (χ1) is 6.85. The Hall–Kier alpha value is -0.410. The molecule has 1 aliphatic rings. The number of rotatable bonds is 3. The van der Waals surface area contributed by atoms with Crippen molar-refractivity contribution in [1.82, 2.24) is 4.98 Å². The molecular formula is C11H18N2S. The van der Waals surface area contributed by atoms with Gasteiger partial charge in [0.1, 0.15) is 5.01 Å². The summed E-state index contributed by atoms with van der Waals surface area (Å²) in [6, 6.07) is 0. The second-order valence-corrected chi connectivity index (χ2v) is 5.12. The van der Waals surface area contributed by atoms with Crippen molar-refractivity contribution in [2.45, 2.75) is 51.5 Å². The Morgan fingerprint density at radius 1 is 1.43 bits per heavy atom. The number of aromatic nitrogens is 1. The maximum Gasteiger partial charge on any atom is 0.107 e. The summed E-state index contributed by atoms with van der Waals surface area (Å²) in [5.74, 6) is 0.737. The molecule has 2 rings (SSSR count). The standard InChI is InChI=1S/C11H18N2S/c1-2-9-11(8-5-3-4-6-8)13-10(7-12)14-9/h8H,2-7,12H2,1H3. The average Bonchev–Trinajstić information content (AvgIpc) is 2.85. The number of hydrogen-bond donors (Lipinski definition) is 1. The first kappa shape index (κ1) is 10.1. The van der Waals surface area contributed by atoms with Crippen LogP contribution in [0.5, 0.6) is 0 Å². The van der Waals surface area contributed by atoms with E-state index < -0.39 is 0 Å². The molecule has 1 fully saturated rings. The number of nitrogens with zero attached hydrogens (tertiary/aromatic N) is 1. The monoisotopic (exact) mass is 210 g/mol. The first-order valence-electron chi connectivity index (χ1n) is 5.53. The lowest BCUT2D eigenvalue weighted by atomic mass is 10.0. The van der Waals surface area contributed by atoms with Crippen molar-refractivity contribution < 1.29 is 0 Å². The summed E-state index contributed by atoms with van der Waals surface area (Å²) >= 11 is 1.81. The number of aryl methyl sites for hydroxylation is 1. The third-order valence-electron chi connectivity index (χ3n) is 3.01. The molecule has 1 aromatic heterocycles. The van der Waals surface area contributed by atoms with Crippen molar-refractivity contribution in [3.63, 3.8) is 0 Å². The van der Waals surface area contributed by atoms with Crippen LogP contribution in [-0.2, 0) is 13.0 Å². The van der Waals surface area contributed by atoms with Gasteiger partial charge in [-0.2, -0.15) is 0 Å². The normalized spacial score (nSPS) is 17.9. The highest BCUT2D eigenvalue weighted by atomic mass is 32.1. The molecule has 0 amide bonds. The van der Waals surface area contributed by atoms with E-state index in [2.05, 4.69) is 11.9 Å². The van der Waals surface area contributed by atoms with Gasteiger partial charge in [-0.05, 0) is 19.3 Å². The van der Waals surface area contributed by atoms with Gasteiger partial charge in [0.15, 0.2) is 0 Å². The zero-order valence-corrected chi connectivity index (χ0v) is 9.57. The van der Waals surface area contributed by atoms with Crippen LogP contribution < -0.4 is 5.73 Å². The van der Waals surface area contributed by atoms with Gasteiger partial charge in [-0.3, -0.25) is 0 Å². The lowest BCUT2D eigenvalue weighted by molar-refractivity contribution is 0.690. The second-order valence-electron chi connectivity index (χ2n) is 3.96. The van der Waals surface area contributed by atoms with E-state index in [0.29, 0.717) is 6.54 Å². The molecule has 1 saturated carbocycles. The van der Waals surface area contributed by atoms with Crippen molar-refractivity contribution in [2.75, 3.05) is 0 Å². The molecule has 78 valence electrons. The van der Waals surface area contributed by atoms with Gasteiger partial charge in [0.05, 0.1) is 5.69 Å². The zero-order valence-electron chi connectivity index (χ0n) is 8.75. The molecule has 0 aliphatic heterocycles. The first-order valence-corrected chi connectivity index (χ1v) is 6.35. The summed E-state index contributed by atoms with van der Waals surface area (Å²) in [6.07, 6.45) is 6.54. The predicted octanol–water partition coefficient (Wildman–Crippen LogP) is 2.82. The number of nitrogens with two attached hydrogens (primary N) is 1. The van der Waals surface area contributed by atoms with E-state index >= 15 is 0 Å². The van der Waals surface area contributed by atoms with Gasteiger partial charge in [0, 0.05) is 17.3 Å². The van der Waals surface area contributed by atoms with Gasteiger partial charge >= 0.3 is 0 Å². The van der Waals surface area contributed by atoms with Crippen LogP contribution in [0, 0.1) is 0 Å². The largest absolute Gasteiger partial charge is 0.325 e. The third-order valence-corrected chi connectivity index (χ3v) is 4.25. The lowest BCUT2D eigenvalue weighted by Gasteiger charge is -2.06. The van der Waals surface area contributed by atoms with Crippen LogP contribution in [0.4, 0.5) is 0 Å². The molecule has 0 bridgehead atoms. The Bertz CT molecular complexity index is 300. The molecule has 14 heavy (non-hydrogen) atoms. The van der Waals surface area contributed by atoms with Crippen LogP contribution in [0.1, 0.15) is 54.1 Å². The van der Waals surface area contributed by atoms with E-state index in [1.165, 1.54) is 36.3 Å². The SMILES string of the molecule is CCc1sc(CN)nc1C1CCCC1. The van der Waals surface area contributed by atoms with Gasteiger partial charge in [-0.25, -0.2) is 4.98 Å². The molecule has 0 radical (unpaired) electrons. The predicted molar refractivity (Wildman–Crippen MR) is 60.6 cm³/mol. The van der Waals surface area contributed by atoms with Crippen LogP contribution in [0.2, 0.25) is 0 Å². The summed E-state index contributed by atoms with van der Waals surface area (Å²) in [5, 5.41) is 1.11. The summed E-state index contributed by atoms with van der Waals surface area (Å²) in [4.78, 5) is 6.14. The van der Waals surface area contributed by atoms with E-state index in [1.54, 1.807) is 0 Å². The van der Waals surface area contributed by atoms with E-state index in [-0.39, 0.29) is 0 Å². The van der Waals surface area contributed by atoms with Gasteiger partial charge in [0.2, 0.25) is 0 Å². The molecule has 0 unspecified atom stereocenters. The van der Waals surface area contributed by atoms with Gasteiger partial charge in [-0.1, -0.05) is 19.8 Å². The van der Waals surface area contributed by atoms with Crippen molar-refractivity contribution in [3.8, 4) is 0 Å². The highest BCUT2D eigenvalue weighted by Gasteiger charge is 2.22. The second kappa shape index (κ2) is 4.41.